The van der Waals surface area contributed by atoms with Crippen LogP contribution in [0.25, 0.3) is 0 Å². The number of hydrogen-bond acceptors (Lipinski definition) is 7. The third-order valence-corrected chi connectivity index (χ3v) is 8.10. The van der Waals surface area contributed by atoms with E-state index in [9.17, 15) is 4.39 Å². The van der Waals surface area contributed by atoms with Crippen molar-refractivity contribution in [2.75, 3.05) is 11.1 Å². The molecule has 37 heavy (non-hydrogen) atoms. The van der Waals surface area contributed by atoms with Crippen LogP contribution in [0.15, 0.2) is 59.8 Å². The monoisotopic (exact) mass is 536 g/mol. The second kappa shape index (κ2) is 11.6. The normalized spacial score (nSPS) is 17.8. The van der Waals surface area contributed by atoms with Gasteiger partial charge in [-0.15, -0.1) is 11.8 Å². The first-order valence-corrected chi connectivity index (χ1v) is 16.2. The van der Waals surface area contributed by atoms with Gasteiger partial charge in [-0.3, -0.25) is 0 Å². The Morgan fingerprint density at radius 3 is 2.54 bits per heavy atom. The average Bonchev–Trinajstić information content (AvgIpc) is 3.63. The summed E-state index contributed by atoms with van der Waals surface area (Å²) in [6.45, 7) is 11.3. The number of halogens is 1. The molecule has 0 aliphatic heterocycles. The summed E-state index contributed by atoms with van der Waals surface area (Å²) in [5.41, 5.74) is 0.604. The van der Waals surface area contributed by atoms with Gasteiger partial charge in [0, 0.05) is 23.0 Å². The van der Waals surface area contributed by atoms with Gasteiger partial charge in [0.15, 0.2) is 20.6 Å². The fraction of sp³-hybridized carbons (Fsp3) is 0.393. The van der Waals surface area contributed by atoms with E-state index in [0.29, 0.717) is 46.6 Å². The minimum Gasteiger partial charge on any atom is -0.453 e. The molecule has 6 nitrogen and oxygen atoms in total. The van der Waals surface area contributed by atoms with Crippen molar-refractivity contribution < 1.29 is 13.6 Å². The highest BCUT2D eigenvalue weighted by molar-refractivity contribution is 7.99. The van der Waals surface area contributed by atoms with Crippen LogP contribution in [0.1, 0.15) is 32.8 Å². The highest BCUT2D eigenvalue weighted by atomic mass is 32.2. The SMILES string of the molecule is C[SiH](C)OC(C1CC1CSc1cnc(Nc2ccc(C#N)cn2)c(Oc2ccc(F)cc2)c1)C(C)(C)C. The lowest BCUT2D eigenvalue weighted by atomic mass is 9.86. The standard InChI is InChI=1S/C28H33FN4O2SSi/c1-28(2,3)26(35-37(4)5)23-12-19(23)17-36-22-13-24(34-21-9-7-20(29)8-10-21)27(32-16-22)33-25-11-6-18(14-30)15-31-25/h6-11,13,15-16,19,23,26,37H,12,17H2,1-5H3,(H,31,32,33). The lowest BCUT2D eigenvalue weighted by molar-refractivity contribution is 0.0628. The van der Waals surface area contributed by atoms with Gasteiger partial charge in [0.25, 0.3) is 0 Å². The average molecular weight is 537 g/mol. The second-order valence-electron chi connectivity index (χ2n) is 10.7. The van der Waals surface area contributed by atoms with E-state index in [0.717, 1.165) is 10.6 Å². The summed E-state index contributed by atoms with van der Waals surface area (Å²) in [7, 11) is -1.12. The summed E-state index contributed by atoms with van der Waals surface area (Å²) in [5.74, 6) is 3.91. The molecule has 9 heteroatoms. The van der Waals surface area contributed by atoms with Gasteiger partial charge in [-0.1, -0.05) is 20.8 Å². The smallest absolute Gasteiger partial charge is 0.175 e. The van der Waals surface area contributed by atoms with E-state index < -0.39 is 9.04 Å². The predicted molar refractivity (Wildman–Crippen MR) is 148 cm³/mol. The van der Waals surface area contributed by atoms with Crippen LogP contribution in [-0.4, -0.2) is 30.9 Å². The minimum atomic E-state index is -1.12. The molecule has 1 saturated carbocycles. The van der Waals surface area contributed by atoms with Crippen molar-refractivity contribution >= 4 is 32.4 Å². The summed E-state index contributed by atoms with van der Waals surface area (Å²) in [5, 5.41) is 12.2. The number of nitrogens with zero attached hydrogens (tertiary/aromatic N) is 3. The third-order valence-electron chi connectivity index (χ3n) is 6.11. The van der Waals surface area contributed by atoms with Crippen molar-refractivity contribution in [3.63, 3.8) is 0 Å². The molecule has 2 heterocycles. The van der Waals surface area contributed by atoms with Crippen molar-refractivity contribution in [2.24, 2.45) is 17.3 Å². The molecule has 0 amide bonds. The molecule has 1 fully saturated rings. The molecule has 4 rings (SSSR count). The van der Waals surface area contributed by atoms with E-state index in [-0.39, 0.29) is 11.2 Å². The number of benzene rings is 1. The molecule has 3 aromatic rings. The van der Waals surface area contributed by atoms with E-state index in [1.807, 2.05) is 12.3 Å². The highest BCUT2D eigenvalue weighted by Gasteiger charge is 2.47. The van der Waals surface area contributed by atoms with Crippen molar-refractivity contribution in [1.29, 1.82) is 5.26 Å². The van der Waals surface area contributed by atoms with Crippen molar-refractivity contribution in [2.45, 2.75) is 51.3 Å². The largest absolute Gasteiger partial charge is 0.453 e. The van der Waals surface area contributed by atoms with Gasteiger partial charge in [0.05, 0.1) is 11.7 Å². The maximum atomic E-state index is 13.4. The Kier molecular flexibility index (Phi) is 8.52. The maximum Gasteiger partial charge on any atom is 0.175 e. The van der Waals surface area contributed by atoms with Gasteiger partial charge in [0.1, 0.15) is 23.5 Å². The number of nitrogens with one attached hydrogen (secondary N) is 1. The van der Waals surface area contributed by atoms with Gasteiger partial charge in [-0.25, -0.2) is 14.4 Å². The molecule has 1 aliphatic rings. The topological polar surface area (TPSA) is 80.1 Å². The molecule has 0 saturated heterocycles. The molecule has 0 bridgehead atoms. The molecule has 0 radical (unpaired) electrons. The molecule has 194 valence electrons. The Morgan fingerprint density at radius 1 is 1.16 bits per heavy atom. The van der Waals surface area contributed by atoms with E-state index in [4.69, 9.17) is 14.4 Å². The molecule has 3 unspecified atom stereocenters. The van der Waals surface area contributed by atoms with Crippen molar-refractivity contribution in [3.8, 4) is 17.6 Å². The number of thioether (sulfide) groups is 1. The van der Waals surface area contributed by atoms with Gasteiger partial charge in [-0.2, -0.15) is 5.26 Å². The van der Waals surface area contributed by atoms with E-state index in [1.54, 1.807) is 36.0 Å². The summed E-state index contributed by atoms with van der Waals surface area (Å²) in [6.07, 6.45) is 4.80. The van der Waals surface area contributed by atoms with Crippen LogP contribution in [0.5, 0.6) is 11.5 Å². The van der Waals surface area contributed by atoms with Crippen LogP contribution in [0.3, 0.4) is 0 Å². The molecule has 1 aliphatic carbocycles. The third kappa shape index (κ3) is 7.54. The molecular weight excluding hydrogens is 503 g/mol. The Morgan fingerprint density at radius 2 is 1.92 bits per heavy atom. The van der Waals surface area contributed by atoms with Gasteiger partial charge < -0.3 is 14.5 Å². The Bertz CT molecular complexity index is 1240. The molecule has 0 spiro atoms. The van der Waals surface area contributed by atoms with Crippen molar-refractivity contribution in [3.05, 3.63) is 66.2 Å². The van der Waals surface area contributed by atoms with Crippen LogP contribution in [0.4, 0.5) is 16.0 Å². The number of nitriles is 1. The summed E-state index contributed by atoms with van der Waals surface area (Å²) in [4.78, 5) is 9.87. The van der Waals surface area contributed by atoms with Gasteiger partial charge >= 0.3 is 0 Å². The molecule has 3 atom stereocenters. The van der Waals surface area contributed by atoms with Crippen LogP contribution in [-0.2, 0) is 4.43 Å². The van der Waals surface area contributed by atoms with E-state index >= 15 is 0 Å². The fourth-order valence-electron chi connectivity index (χ4n) is 4.24. The Balaban J connectivity index is 1.48. The molecular formula is C28H33FN4O2SSi. The Labute approximate surface area is 224 Å². The van der Waals surface area contributed by atoms with Gasteiger partial charge in [0.2, 0.25) is 0 Å². The van der Waals surface area contributed by atoms with Crippen molar-refractivity contribution in [1.82, 2.24) is 9.97 Å². The number of anilines is 2. The zero-order chi connectivity index (χ0) is 26.6. The van der Waals surface area contributed by atoms with Crippen LogP contribution in [0.2, 0.25) is 13.1 Å². The second-order valence-corrected chi connectivity index (χ2v) is 14.1. The van der Waals surface area contributed by atoms with E-state index in [1.165, 1.54) is 24.8 Å². The lowest BCUT2D eigenvalue weighted by Gasteiger charge is -2.33. The molecule has 1 aromatic carbocycles. The molecule has 1 N–H and O–H groups in total. The van der Waals surface area contributed by atoms with Crippen LogP contribution in [0, 0.1) is 34.4 Å². The quantitative estimate of drug-likeness (QED) is 0.217. The first-order chi connectivity index (χ1) is 17.6. The number of ether oxygens (including phenoxy) is 1. The molecule has 2 aromatic heterocycles. The van der Waals surface area contributed by atoms with Crippen LogP contribution < -0.4 is 10.1 Å². The number of pyridine rings is 2. The first kappa shape index (κ1) is 27.1. The zero-order valence-electron chi connectivity index (χ0n) is 21.9. The maximum absolute atomic E-state index is 13.4. The lowest BCUT2D eigenvalue weighted by Crippen LogP contribution is -2.35. The number of hydrogen-bond donors (Lipinski definition) is 1. The van der Waals surface area contributed by atoms with Gasteiger partial charge in [-0.05, 0) is 79.2 Å². The summed E-state index contributed by atoms with van der Waals surface area (Å²) in [6, 6.07) is 13.3. The van der Waals surface area contributed by atoms with E-state index in [2.05, 4.69) is 55.2 Å². The minimum absolute atomic E-state index is 0.131. The first-order valence-electron chi connectivity index (χ1n) is 12.5. The number of rotatable bonds is 10. The summed E-state index contributed by atoms with van der Waals surface area (Å²) >= 11 is 1.76. The fourth-order valence-corrected chi connectivity index (χ4v) is 6.54. The highest BCUT2D eigenvalue weighted by Crippen LogP contribution is 2.50. The van der Waals surface area contributed by atoms with Crippen LogP contribution >= 0.6 is 11.8 Å². The number of aromatic nitrogens is 2. The Hall–Kier alpha value is -2.93. The predicted octanol–water partition coefficient (Wildman–Crippen LogP) is 7.17. The zero-order valence-corrected chi connectivity index (χ0v) is 23.8. The summed E-state index contributed by atoms with van der Waals surface area (Å²) < 4.78 is 25.9.